The standard InChI is InChI=1S/C26H35N3O2/c1-17(2)14-24(31)29-26-23(12-9-18-6-4-3-5-7-18)27-25-21-11-8-19(16-30)15-20(21)10-13-22(25)28-26/h8,11,15,17-18,30H,3-7,9-10,12-14,16H2,1-2H3,(H,28,29,31). The minimum atomic E-state index is 0.0203. The predicted octanol–water partition coefficient (Wildman–Crippen LogP) is 5.23. The summed E-state index contributed by atoms with van der Waals surface area (Å²) in [5.41, 5.74) is 6.11. The van der Waals surface area contributed by atoms with Crippen molar-refractivity contribution in [2.75, 3.05) is 5.32 Å². The van der Waals surface area contributed by atoms with Crippen LogP contribution in [0.5, 0.6) is 0 Å². The molecule has 0 bridgehead atoms. The van der Waals surface area contributed by atoms with Gasteiger partial charge in [-0.2, -0.15) is 0 Å². The first-order valence-electron chi connectivity index (χ1n) is 12.0. The van der Waals surface area contributed by atoms with E-state index in [1.807, 2.05) is 6.07 Å². The summed E-state index contributed by atoms with van der Waals surface area (Å²) in [7, 11) is 0. The quantitative estimate of drug-likeness (QED) is 0.642. The van der Waals surface area contributed by atoms with Crippen LogP contribution < -0.4 is 5.32 Å². The highest BCUT2D eigenvalue weighted by Crippen LogP contribution is 2.34. The van der Waals surface area contributed by atoms with E-state index in [2.05, 4.69) is 31.3 Å². The first kappa shape index (κ1) is 21.9. The van der Waals surface area contributed by atoms with Gasteiger partial charge >= 0.3 is 0 Å². The highest BCUT2D eigenvalue weighted by molar-refractivity contribution is 5.90. The summed E-state index contributed by atoms with van der Waals surface area (Å²) < 4.78 is 0. The number of benzene rings is 1. The summed E-state index contributed by atoms with van der Waals surface area (Å²) in [6.07, 6.45) is 10.8. The number of nitrogens with one attached hydrogen (secondary N) is 1. The van der Waals surface area contributed by atoms with Gasteiger partial charge in [-0.25, -0.2) is 9.97 Å². The lowest BCUT2D eigenvalue weighted by Crippen LogP contribution is -2.20. The molecule has 0 aliphatic heterocycles. The summed E-state index contributed by atoms with van der Waals surface area (Å²) in [5, 5.41) is 12.6. The zero-order valence-electron chi connectivity index (χ0n) is 18.9. The summed E-state index contributed by atoms with van der Waals surface area (Å²) in [5.74, 6) is 1.75. The van der Waals surface area contributed by atoms with Crippen LogP contribution >= 0.6 is 0 Å². The second-order valence-electron chi connectivity index (χ2n) is 9.65. The molecular formula is C26H35N3O2. The number of nitrogens with zero attached hydrogens (tertiary/aromatic N) is 2. The average molecular weight is 422 g/mol. The van der Waals surface area contributed by atoms with Crippen molar-refractivity contribution < 1.29 is 9.90 Å². The monoisotopic (exact) mass is 421 g/mol. The minimum Gasteiger partial charge on any atom is -0.392 e. The fraction of sp³-hybridized carbons (Fsp3) is 0.577. The molecule has 0 radical (unpaired) electrons. The number of aromatic nitrogens is 2. The number of rotatable bonds is 7. The Bertz CT molecular complexity index is 932. The number of fused-ring (bicyclic) bond motifs is 3. The smallest absolute Gasteiger partial charge is 0.225 e. The van der Waals surface area contributed by atoms with Crippen molar-refractivity contribution >= 4 is 11.7 Å². The Hall–Kier alpha value is -2.27. The number of aliphatic hydroxyl groups is 1. The van der Waals surface area contributed by atoms with Gasteiger partial charge in [0.15, 0.2) is 5.82 Å². The molecule has 2 aliphatic rings. The van der Waals surface area contributed by atoms with E-state index in [0.717, 1.165) is 59.8 Å². The zero-order valence-corrected chi connectivity index (χ0v) is 18.9. The topological polar surface area (TPSA) is 75.1 Å². The number of amides is 1. The molecule has 1 fully saturated rings. The van der Waals surface area contributed by atoms with E-state index in [-0.39, 0.29) is 12.5 Å². The molecule has 1 aromatic heterocycles. The molecule has 1 heterocycles. The van der Waals surface area contributed by atoms with Crippen molar-refractivity contribution in [2.24, 2.45) is 11.8 Å². The number of hydrogen-bond donors (Lipinski definition) is 2. The molecular weight excluding hydrogens is 386 g/mol. The van der Waals surface area contributed by atoms with Crippen LogP contribution in [0, 0.1) is 11.8 Å². The molecule has 166 valence electrons. The Morgan fingerprint density at radius 2 is 1.97 bits per heavy atom. The van der Waals surface area contributed by atoms with Gasteiger partial charge in [-0.05, 0) is 48.6 Å². The van der Waals surface area contributed by atoms with E-state index in [0.29, 0.717) is 18.2 Å². The summed E-state index contributed by atoms with van der Waals surface area (Å²) in [6.45, 7) is 4.17. The minimum absolute atomic E-state index is 0.0203. The van der Waals surface area contributed by atoms with E-state index in [4.69, 9.17) is 9.97 Å². The first-order valence-corrected chi connectivity index (χ1v) is 12.0. The van der Waals surface area contributed by atoms with Gasteiger partial charge < -0.3 is 10.4 Å². The van der Waals surface area contributed by atoms with E-state index in [1.54, 1.807) is 0 Å². The van der Waals surface area contributed by atoms with E-state index < -0.39 is 0 Å². The second-order valence-corrected chi connectivity index (χ2v) is 9.65. The molecule has 5 nitrogen and oxygen atoms in total. The van der Waals surface area contributed by atoms with Gasteiger partial charge in [-0.3, -0.25) is 4.79 Å². The number of carbonyl (C=O) groups excluding carboxylic acids is 1. The van der Waals surface area contributed by atoms with Gasteiger partial charge in [-0.1, -0.05) is 64.2 Å². The third kappa shape index (κ3) is 5.32. The zero-order chi connectivity index (χ0) is 21.8. The molecule has 0 saturated heterocycles. The molecule has 1 amide bonds. The number of carbonyl (C=O) groups is 1. The van der Waals surface area contributed by atoms with Crippen molar-refractivity contribution in [1.29, 1.82) is 0 Å². The molecule has 1 aromatic carbocycles. The highest BCUT2D eigenvalue weighted by Gasteiger charge is 2.23. The Kier molecular flexibility index (Phi) is 7.01. The number of anilines is 1. The number of aliphatic hydroxyl groups excluding tert-OH is 1. The van der Waals surface area contributed by atoms with E-state index >= 15 is 0 Å². The molecule has 2 aromatic rings. The van der Waals surface area contributed by atoms with Crippen molar-refractivity contribution in [2.45, 2.75) is 84.7 Å². The van der Waals surface area contributed by atoms with Crippen LogP contribution in [0.15, 0.2) is 18.2 Å². The Morgan fingerprint density at radius 3 is 2.71 bits per heavy atom. The Morgan fingerprint density at radius 1 is 1.16 bits per heavy atom. The van der Waals surface area contributed by atoms with Crippen LogP contribution in [0.2, 0.25) is 0 Å². The summed E-state index contributed by atoms with van der Waals surface area (Å²) >= 11 is 0. The molecule has 5 heteroatoms. The maximum Gasteiger partial charge on any atom is 0.225 e. The first-order chi connectivity index (χ1) is 15.0. The van der Waals surface area contributed by atoms with E-state index in [1.165, 1.54) is 37.7 Å². The number of hydrogen-bond acceptors (Lipinski definition) is 4. The van der Waals surface area contributed by atoms with E-state index in [9.17, 15) is 9.90 Å². The SMILES string of the molecule is CC(C)CC(=O)Nc1nc2c(nc1CCC1CCCCC1)-c1ccc(CO)cc1CC2. The summed E-state index contributed by atoms with van der Waals surface area (Å²) in [4.78, 5) is 22.5. The molecule has 0 spiro atoms. The average Bonchev–Trinajstić information content (AvgIpc) is 2.77. The maximum atomic E-state index is 12.5. The normalized spacial score (nSPS) is 16.1. The van der Waals surface area contributed by atoms with Crippen LogP contribution in [0.25, 0.3) is 11.3 Å². The summed E-state index contributed by atoms with van der Waals surface area (Å²) in [6, 6.07) is 6.12. The van der Waals surface area contributed by atoms with Gasteiger partial charge in [-0.15, -0.1) is 0 Å². The number of aryl methyl sites for hydroxylation is 3. The van der Waals surface area contributed by atoms with Crippen LogP contribution in [-0.4, -0.2) is 21.0 Å². The third-order valence-corrected chi connectivity index (χ3v) is 6.64. The van der Waals surface area contributed by atoms with Crippen molar-refractivity contribution in [3.63, 3.8) is 0 Å². The highest BCUT2D eigenvalue weighted by atomic mass is 16.3. The lowest BCUT2D eigenvalue weighted by molar-refractivity contribution is -0.116. The fourth-order valence-electron chi connectivity index (χ4n) is 4.98. The van der Waals surface area contributed by atoms with Gasteiger partial charge in [0.1, 0.15) is 0 Å². The predicted molar refractivity (Wildman–Crippen MR) is 124 cm³/mol. The molecule has 4 rings (SSSR count). The molecule has 0 unspecified atom stereocenters. The molecule has 2 aliphatic carbocycles. The van der Waals surface area contributed by atoms with Crippen molar-refractivity contribution in [3.05, 3.63) is 40.7 Å². The maximum absolute atomic E-state index is 12.5. The fourth-order valence-corrected chi connectivity index (χ4v) is 4.98. The van der Waals surface area contributed by atoms with Gasteiger partial charge in [0, 0.05) is 12.0 Å². The van der Waals surface area contributed by atoms with Crippen LogP contribution in [-0.2, 0) is 30.7 Å². The van der Waals surface area contributed by atoms with Crippen molar-refractivity contribution in [3.8, 4) is 11.3 Å². The van der Waals surface area contributed by atoms with Crippen molar-refractivity contribution in [1.82, 2.24) is 9.97 Å². The largest absolute Gasteiger partial charge is 0.392 e. The van der Waals surface area contributed by atoms with Crippen LogP contribution in [0.3, 0.4) is 0 Å². The lowest BCUT2D eigenvalue weighted by Gasteiger charge is -2.24. The second kappa shape index (κ2) is 9.90. The van der Waals surface area contributed by atoms with Gasteiger partial charge in [0.25, 0.3) is 0 Å². The van der Waals surface area contributed by atoms with Gasteiger partial charge in [0.2, 0.25) is 5.91 Å². The molecule has 2 N–H and O–H groups in total. The third-order valence-electron chi connectivity index (χ3n) is 6.64. The lowest BCUT2D eigenvalue weighted by atomic mass is 9.85. The van der Waals surface area contributed by atoms with Crippen LogP contribution in [0.1, 0.15) is 81.3 Å². The Balaban J connectivity index is 1.64. The van der Waals surface area contributed by atoms with Crippen LogP contribution in [0.4, 0.5) is 5.82 Å². The Labute approximate surface area is 185 Å². The molecule has 1 saturated carbocycles. The molecule has 31 heavy (non-hydrogen) atoms. The van der Waals surface area contributed by atoms with Gasteiger partial charge in [0.05, 0.1) is 23.7 Å². The molecule has 0 atom stereocenters.